The number of aromatic nitrogens is 1. The Morgan fingerprint density at radius 2 is 1.96 bits per heavy atom. The normalized spacial score (nSPS) is 19.9. The molecule has 6 heteroatoms. The van der Waals surface area contributed by atoms with Crippen molar-refractivity contribution in [2.75, 3.05) is 20.1 Å². The minimum Gasteiger partial charge on any atom is -0.359 e. The van der Waals surface area contributed by atoms with Gasteiger partial charge in [0, 0.05) is 39.1 Å². The summed E-state index contributed by atoms with van der Waals surface area (Å²) in [6.45, 7) is 3.91. The predicted octanol–water partition coefficient (Wildman–Crippen LogP) is 1.37. The number of hydrogen-bond acceptors (Lipinski definition) is 4. The molecular weight excluding hydrogens is 328 g/mol. The van der Waals surface area contributed by atoms with Crippen LogP contribution >= 0.6 is 0 Å². The number of carbonyl (C=O) groups is 2. The minimum atomic E-state index is -0.273. The number of nitrogens with zero attached hydrogens (tertiary/aromatic N) is 2. The molecule has 1 saturated heterocycles. The Morgan fingerprint density at radius 3 is 2.65 bits per heavy atom. The van der Waals surface area contributed by atoms with E-state index in [0.29, 0.717) is 18.7 Å². The Bertz CT molecular complexity index is 778. The fourth-order valence-electron chi connectivity index (χ4n) is 3.38. The number of pyridine rings is 1. The molecule has 2 amide bonds. The summed E-state index contributed by atoms with van der Waals surface area (Å²) in [5, 5.41) is 5.74. The molecule has 0 aliphatic carbocycles. The molecule has 136 valence electrons. The molecule has 0 unspecified atom stereocenters. The van der Waals surface area contributed by atoms with Crippen molar-refractivity contribution in [2.45, 2.75) is 19.5 Å². The monoisotopic (exact) mass is 352 g/mol. The molecule has 1 aromatic heterocycles. The molecule has 0 saturated carbocycles. The van der Waals surface area contributed by atoms with Crippen molar-refractivity contribution in [2.24, 2.45) is 5.92 Å². The van der Waals surface area contributed by atoms with Crippen molar-refractivity contribution in [1.29, 1.82) is 0 Å². The summed E-state index contributed by atoms with van der Waals surface area (Å²) in [4.78, 5) is 31.1. The Morgan fingerprint density at radius 1 is 1.19 bits per heavy atom. The van der Waals surface area contributed by atoms with E-state index in [1.54, 1.807) is 25.5 Å². The summed E-state index contributed by atoms with van der Waals surface area (Å²) >= 11 is 0. The van der Waals surface area contributed by atoms with E-state index in [4.69, 9.17) is 0 Å². The van der Waals surface area contributed by atoms with Crippen molar-refractivity contribution < 1.29 is 9.59 Å². The number of benzene rings is 1. The van der Waals surface area contributed by atoms with Gasteiger partial charge in [0.2, 0.25) is 5.91 Å². The van der Waals surface area contributed by atoms with E-state index >= 15 is 0 Å². The van der Waals surface area contributed by atoms with Crippen molar-refractivity contribution in [3.05, 3.63) is 65.5 Å². The van der Waals surface area contributed by atoms with Crippen LogP contribution in [0.15, 0.2) is 48.8 Å². The molecular formula is C20H24N4O2. The molecule has 1 aliphatic heterocycles. The zero-order chi connectivity index (χ0) is 18.5. The van der Waals surface area contributed by atoms with Crippen LogP contribution in [0.1, 0.15) is 21.5 Å². The highest BCUT2D eigenvalue weighted by molar-refractivity contribution is 5.94. The van der Waals surface area contributed by atoms with Crippen LogP contribution < -0.4 is 10.6 Å². The average Bonchev–Trinajstić information content (AvgIpc) is 3.04. The molecule has 1 aromatic carbocycles. The third-order valence-corrected chi connectivity index (χ3v) is 4.68. The van der Waals surface area contributed by atoms with Gasteiger partial charge in [-0.2, -0.15) is 0 Å². The Labute approximate surface area is 153 Å². The number of likely N-dealkylation sites (tertiary alicyclic amines) is 1. The minimum absolute atomic E-state index is 0.0479. The summed E-state index contributed by atoms with van der Waals surface area (Å²) in [5.74, 6) is -0.514. The molecule has 2 aromatic rings. The van der Waals surface area contributed by atoms with Crippen LogP contribution in [0, 0.1) is 12.8 Å². The number of carbonyl (C=O) groups excluding carboxylic acids is 2. The van der Waals surface area contributed by atoms with Gasteiger partial charge in [0.05, 0.1) is 17.5 Å². The molecule has 2 N–H and O–H groups in total. The van der Waals surface area contributed by atoms with Crippen LogP contribution in [0.3, 0.4) is 0 Å². The summed E-state index contributed by atoms with van der Waals surface area (Å²) < 4.78 is 0. The van der Waals surface area contributed by atoms with Gasteiger partial charge in [-0.25, -0.2) is 0 Å². The van der Waals surface area contributed by atoms with E-state index in [2.05, 4.69) is 32.7 Å². The first-order chi connectivity index (χ1) is 12.6. The smallest absolute Gasteiger partial charge is 0.253 e. The number of hydrogen-bond donors (Lipinski definition) is 2. The largest absolute Gasteiger partial charge is 0.359 e. The average molecular weight is 352 g/mol. The van der Waals surface area contributed by atoms with Gasteiger partial charge in [0.1, 0.15) is 0 Å². The number of nitrogens with one attached hydrogen (secondary N) is 2. The summed E-state index contributed by atoms with van der Waals surface area (Å²) in [7, 11) is 1.63. The second-order valence-electron chi connectivity index (χ2n) is 6.73. The Kier molecular flexibility index (Phi) is 5.63. The lowest BCUT2D eigenvalue weighted by atomic mass is 10.0. The fraction of sp³-hybridized carbons (Fsp3) is 0.350. The lowest BCUT2D eigenvalue weighted by Crippen LogP contribution is -2.45. The SMILES string of the molecule is CNC(=O)[C@H]1CN(Cc2ccccc2)C[C@@H]1NC(=O)c1cncc(C)c1. The topological polar surface area (TPSA) is 74.3 Å². The zero-order valence-corrected chi connectivity index (χ0v) is 15.1. The maximum atomic E-state index is 12.6. The molecule has 2 atom stereocenters. The van der Waals surface area contributed by atoms with Gasteiger partial charge in [-0.15, -0.1) is 0 Å². The lowest BCUT2D eigenvalue weighted by Gasteiger charge is -2.18. The molecule has 1 aliphatic rings. The van der Waals surface area contributed by atoms with Crippen LogP contribution in [0.4, 0.5) is 0 Å². The maximum absolute atomic E-state index is 12.6. The van der Waals surface area contributed by atoms with E-state index in [1.165, 1.54) is 5.56 Å². The van der Waals surface area contributed by atoms with Crippen molar-refractivity contribution in [3.63, 3.8) is 0 Å². The van der Waals surface area contributed by atoms with Crippen LogP contribution in [0.25, 0.3) is 0 Å². The maximum Gasteiger partial charge on any atom is 0.253 e. The summed E-state index contributed by atoms with van der Waals surface area (Å²) in [6, 6.07) is 11.7. The molecule has 0 radical (unpaired) electrons. The first-order valence-corrected chi connectivity index (χ1v) is 8.77. The van der Waals surface area contributed by atoms with Crippen molar-refractivity contribution in [3.8, 4) is 0 Å². The van der Waals surface area contributed by atoms with Gasteiger partial charge >= 0.3 is 0 Å². The van der Waals surface area contributed by atoms with E-state index < -0.39 is 0 Å². The Balaban J connectivity index is 1.71. The highest BCUT2D eigenvalue weighted by Gasteiger charge is 2.38. The lowest BCUT2D eigenvalue weighted by molar-refractivity contribution is -0.124. The Hall–Kier alpha value is -2.73. The first-order valence-electron chi connectivity index (χ1n) is 8.77. The third kappa shape index (κ3) is 4.26. The van der Waals surface area contributed by atoms with Gasteiger partial charge in [-0.05, 0) is 24.1 Å². The summed E-state index contributed by atoms with van der Waals surface area (Å²) in [5.41, 5.74) is 2.64. The van der Waals surface area contributed by atoms with E-state index in [0.717, 1.165) is 12.1 Å². The van der Waals surface area contributed by atoms with Crippen LogP contribution in [0.5, 0.6) is 0 Å². The van der Waals surface area contributed by atoms with Crippen LogP contribution in [-0.2, 0) is 11.3 Å². The quantitative estimate of drug-likeness (QED) is 0.852. The molecule has 26 heavy (non-hydrogen) atoms. The van der Waals surface area contributed by atoms with Gasteiger partial charge in [0.25, 0.3) is 5.91 Å². The van der Waals surface area contributed by atoms with Crippen LogP contribution in [-0.4, -0.2) is 47.9 Å². The fourth-order valence-corrected chi connectivity index (χ4v) is 3.38. The molecule has 2 heterocycles. The second kappa shape index (κ2) is 8.10. The first kappa shape index (κ1) is 18.1. The highest BCUT2D eigenvalue weighted by atomic mass is 16.2. The molecule has 3 rings (SSSR count). The molecule has 1 fully saturated rings. The van der Waals surface area contributed by atoms with E-state index in [9.17, 15) is 9.59 Å². The van der Waals surface area contributed by atoms with Crippen molar-refractivity contribution in [1.82, 2.24) is 20.5 Å². The number of rotatable bonds is 5. The third-order valence-electron chi connectivity index (χ3n) is 4.68. The predicted molar refractivity (Wildman–Crippen MR) is 99.5 cm³/mol. The second-order valence-corrected chi connectivity index (χ2v) is 6.73. The van der Waals surface area contributed by atoms with Gasteiger partial charge in [-0.3, -0.25) is 19.5 Å². The van der Waals surface area contributed by atoms with Gasteiger partial charge in [0.15, 0.2) is 0 Å². The molecule has 0 spiro atoms. The number of aryl methyl sites for hydroxylation is 1. The van der Waals surface area contributed by atoms with Crippen LogP contribution in [0.2, 0.25) is 0 Å². The standard InChI is InChI=1S/C20H24N4O2/c1-14-8-16(10-22-9-14)19(25)23-18-13-24(12-17(18)20(26)21-2)11-15-6-4-3-5-7-15/h3-10,17-18H,11-13H2,1-2H3,(H,21,26)(H,23,25)/t17-,18-/m0/s1. The molecule has 0 bridgehead atoms. The van der Waals surface area contributed by atoms with Gasteiger partial charge in [-0.1, -0.05) is 30.3 Å². The molecule has 6 nitrogen and oxygen atoms in total. The summed E-state index contributed by atoms with van der Waals surface area (Å²) in [6.07, 6.45) is 3.26. The van der Waals surface area contributed by atoms with Gasteiger partial charge < -0.3 is 10.6 Å². The highest BCUT2D eigenvalue weighted by Crippen LogP contribution is 2.20. The van der Waals surface area contributed by atoms with Crippen molar-refractivity contribution >= 4 is 11.8 Å². The zero-order valence-electron chi connectivity index (χ0n) is 15.1. The van der Waals surface area contributed by atoms with E-state index in [1.807, 2.05) is 25.1 Å². The number of amides is 2. The van der Waals surface area contributed by atoms with E-state index in [-0.39, 0.29) is 23.8 Å².